The zero-order valence-electron chi connectivity index (χ0n) is 8.48. The highest BCUT2D eigenvalue weighted by Gasteiger charge is 1.98. The van der Waals surface area contributed by atoms with Gasteiger partial charge in [0.25, 0.3) is 0 Å². The van der Waals surface area contributed by atoms with Gasteiger partial charge in [0.15, 0.2) is 0 Å². The van der Waals surface area contributed by atoms with Crippen molar-refractivity contribution in [3.63, 3.8) is 0 Å². The Morgan fingerprint density at radius 3 is 3.06 bits per heavy atom. The summed E-state index contributed by atoms with van der Waals surface area (Å²) in [7, 11) is 0. The van der Waals surface area contributed by atoms with Gasteiger partial charge in [0.05, 0.1) is 0 Å². The molecular weight excluding hydrogens is 324 g/mol. The Hall–Kier alpha value is 0.120. The number of thiophene rings is 1. The van der Waals surface area contributed by atoms with Crippen LogP contribution >= 0.6 is 50.4 Å². The second kappa shape index (κ2) is 6.76. The molecule has 0 bridgehead atoms. The predicted molar refractivity (Wildman–Crippen MR) is 76.6 cm³/mol. The van der Waals surface area contributed by atoms with E-state index in [0.717, 1.165) is 23.2 Å². The van der Waals surface area contributed by atoms with Gasteiger partial charge in [0.2, 0.25) is 0 Å². The zero-order chi connectivity index (χ0) is 11.2. The molecule has 0 aromatic carbocycles. The maximum Gasteiger partial charge on any atom is 0.149 e. The number of hydrogen-bond donors (Lipinski definition) is 1. The van der Waals surface area contributed by atoms with Gasteiger partial charge in [-0.25, -0.2) is 4.98 Å². The van der Waals surface area contributed by atoms with Crippen LogP contribution in [-0.2, 0) is 6.54 Å². The summed E-state index contributed by atoms with van der Waals surface area (Å²) in [6.07, 6.45) is 1.85. The van der Waals surface area contributed by atoms with E-state index in [9.17, 15) is 0 Å². The highest BCUT2D eigenvalue weighted by molar-refractivity contribution is 9.10. The minimum absolute atomic E-state index is 0.953. The lowest BCUT2D eigenvalue weighted by atomic mass is 10.4. The second-order valence-corrected chi connectivity index (χ2v) is 7.20. The molecule has 0 aliphatic carbocycles. The molecular formula is C10H11BrN2S3. The predicted octanol–water partition coefficient (Wildman–Crippen LogP) is 3.85. The average molecular weight is 335 g/mol. The van der Waals surface area contributed by atoms with E-state index in [0.29, 0.717) is 0 Å². The fourth-order valence-electron chi connectivity index (χ4n) is 1.15. The van der Waals surface area contributed by atoms with Crippen molar-refractivity contribution in [2.75, 3.05) is 12.3 Å². The quantitative estimate of drug-likeness (QED) is 0.641. The van der Waals surface area contributed by atoms with E-state index in [1.165, 1.54) is 9.35 Å². The first kappa shape index (κ1) is 12.6. The highest BCUT2D eigenvalue weighted by atomic mass is 79.9. The maximum atomic E-state index is 4.22. The van der Waals surface area contributed by atoms with Crippen LogP contribution in [0.4, 0.5) is 0 Å². The number of thioether (sulfide) groups is 1. The molecule has 0 aliphatic rings. The first-order valence-electron chi connectivity index (χ1n) is 4.80. The minimum Gasteiger partial charge on any atom is -0.311 e. The Balaban J connectivity index is 1.59. The van der Waals surface area contributed by atoms with E-state index in [4.69, 9.17) is 0 Å². The van der Waals surface area contributed by atoms with Gasteiger partial charge in [-0.1, -0.05) is 11.8 Å². The van der Waals surface area contributed by atoms with Gasteiger partial charge < -0.3 is 5.32 Å². The summed E-state index contributed by atoms with van der Waals surface area (Å²) in [6.45, 7) is 1.97. The van der Waals surface area contributed by atoms with Gasteiger partial charge in [0.1, 0.15) is 4.34 Å². The van der Waals surface area contributed by atoms with Crippen molar-refractivity contribution >= 4 is 50.4 Å². The van der Waals surface area contributed by atoms with Gasteiger partial charge in [-0.2, -0.15) is 0 Å². The maximum absolute atomic E-state index is 4.22. The van der Waals surface area contributed by atoms with Crippen molar-refractivity contribution < 1.29 is 0 Å². The number of nitrogens with one attached hydrogen (secondary N) is 1. The Morgan fingerprint density at radius 1 is 1.44 bits per heavy atom. The Bertz CT molecular complexity index is 413. The number of rotatable bonds is 6. The number of thiazole rings is 1. The molecule has 0 atom stereocenters. The molecule has 6 heteroatoms. The first-order valence-corrected chi connectivity index (χ1v) is 8.34. The highest BCUT2D eigenvalue weighted by Crippen LogP contribution is 2.20. The monoisotopic (exact) mass is 334 g/mol. The number of hydrogen-bond acceptors (Lipinski definition) is 5. The Labute approximate surface area is 116 Å². The van der Waals surface area contributed by atoms with Gasteiger partial charge in [0, 0.05) is 45.1 Å². The van der Waals surface area contributed by atoms with E-state index >= 15 is 0 Å². The lowest BCUT2D eigenvalue weighted by molar-refractivity contribution is 0.741. The summed E-state index contributed by atoms with van der Waals surface area (Å²) in [5, 5.41) is 7.55. The SMILES string of the molecule is Brc1csc(CNCCSc2nccs2)c1. The molecule has 0 unspecified atom stereocenters. The van der Waals surface area contributed by atoms with Crippen LogP contribution in [0.15, 0.2) is 31.8 Å². The fourth-order valence-corrected chi connectivity index (χ4v) is 4.18. The summed E-state index contributed by atoms with van der Waals surface area (Å²) in [4.78, 5) is 5.59. The van der Waals surface area contributed by atoms with Crippen molar-refractivity contribution in [2.24, 2.45) is 0 Å². The van der Waals surface area contributed by atoms with Crippen molar-refractivity contribution in [2.45, 2.75) is 10.9 Å². The molecule has 0 fully saturated rings. The van der Waals surface area contributed by atoms with E-state index in [1.807, 2.05) is 11.6 Å². The van der Waals surface area contributed by atoms with Crippen molar-refractivity contribution in [1.82, 2.24) is 10.3 Å². The van der Waals surface area contributed by atoms with Crippen LogP contribution in [0, 0.1) is 0 Å². The van der Waals surface area contributed by atoms with Crippen LogP contribution in [0.1, 0.15) is 4.88 Å². The molecule has 2 rings (SSSR count). The summed E-state index contributed by atoms with van der Waals surface area (Å²) >= 11 is 8.74. The third-order valence-electron chi connectivity index (χ3n) is 1.84. The van der Waals surface area contributed by atoms with Crippen LogP contribution < -0.4 is 5.32 Å². The summed E-state index contributed by atoms with van der Waals surface area (Å²) in [5.41, 5.74) is 0. The summed E-state index contributed by atoms with van der Waals surface area (Å²) < 4.78 is 2.33. The molecule has 86 valence electrons. The minimum atomic E-state index is 0.953. The van der Waals surface area contributed by atoms with E-state index in [2.05, 4.69) is 37.7 Å². The van der Waals surface area contributed by atoms with Crippen LogP contribution in [0.5, 0.6) is 0 Å². The molecule has 2 aromatic heterocycles. The molecule has 2 heterocycles. The normalized spacial score (nSPS) is 10.8. The molecule has 0 aliphatic heterocycles. The van der Waals surface area contributed by atoms with Gasteiger partial charge in [-0.05, 0) is 22.0 Å². The molecule has 0 saturated carbocycles. The zero-order valence-corrected chi connectivity index (χ0v) is 12.5. The topological polar surface area (TPSA) is 24.9 Å². The van der Waals surface area contributed by atoms with Gasteiger partial charge in [-0.15, -0.1) is 22.7 Å². The molecule has 0 saturated heterocycles. The molecule has 0 spiro atoms. The lowest BCUT2D eigenvalue weighted by Crippen LogP contribution is -2.15. The van der Waals surface area contributed by atoms with Crippen LogP contribution in [0.25, 0.3) is 0 Å². The molecule has 2 nitrogen and oxygen atoms in total. The van der Waals surface area contributed by atoms with E-state index in [1.54, 1.807) is 34.4 Å². The smallest absolute Gasteiger partial charge is 0.149 e. The third-order valence-corrected chi connectivity index (χ3v) is 5.50. The number of halogens is 1. The lowest BCUT2D eigenvalue weighted by Gasteiger charge is -2.01. The molecule has 2 aromatic rings. The first-order chi connectivity index (χ1) is 7.84. The standard InChI is InChI=1S/C10H11BrN2S3/c11-8-5-9(16-7-8)6-12-1-3-14-10-13-2-4-15-10/h2,4-5,7,12H,1,3,6H2. The molecule has 1 N–H and O–H groups in total. The summed E-state index contributed by atoms with van der Waals surface area (Å²) in [6, 6.07) is 2.16. The summed E-state index contributed by atoms with van der Waals surface area (Å²) in [5.74, 6) is 1.07. The Kier molecular flexibility index (Phi) is 5.31. The number of aromatic nitrogens is 1. The van der Waals surface area contributed by atoms with E-state index < -0.39 is 0 Å². The Morgan fingerprint density at radius 2 is 2.38 bits per heavy atom. The van der Waals surface area contributed by atoms with Crippen LogP contribution in [-0.4, -0.2) is 17.3 Å². The van der Waals surface area contributed by atoms with Gasteiger partial charge >= 0.3 is 0 Å². The molecule has 16 heavy (non-hydrogen) atoms. The second-order valence-electron chi connectivity index (χ2n) is 3.05. The van der Waals surface area contributed by atoms with Crippen molar-refractivity contribution in [3.05, 3.63) is 32.4 Å². The largest absolute Gasteiger partial charge is 0.311 e. The molecule has 0 amide bonds. The van der Waals surface area contributed by atoms with Crippen LogP contribution in [0.2, 0.25) is 0 Å². The average Bonchev–Trinajstić information content (AvgIpc) is 2.89. The number of nitrogens with zero attached hydrogens (tertiary/aromatic N) is 1. The van der Waals surface area contributed by atoms with Crippen molar-refractivity contribution in [3.8, 4) is 0 Å². The third kappa shape index (κ3) is 4.18. The van der Waals surface area contributed by atoms with Gasteiger partial charge in [-0.3, -0.25) is 0 Å². The fraction of sp³-hybridized carbons (Fsp3) is 0.300. The van der Waals surface area contributed by atoms with Crippen LogP contribution in [0.3, 0.4) is 0 Å². The van der Waals surface area contributed by atoms with E-state index in [-0.39, 0.29) is 0 Å². The van der Waals surface area contributed by atoms with Crippen molar-refractivity contribution in [1.29, 1.82) is 0 Å². The molecule has 0 radical (unpaired) electrons.